The summed E-state index contributed by atoms with van der Waals surface area (Å²) < 4.78 is 0. The van der Waals surface area contributed by atoms with Crippen LogP contribution in [0.4, 0.5) is 0 Å². The van der Waals surface area contributed by atoms with E-state index in [1.807, 2.05) is 12.3 Å². The van der Waals surface area contributed by atoms with Crippen molar-refractivity contribution in [2.24, 2.45) is 5.92 Å². The summed E-state index contributed by atoms with van der Waals surface area (Å²) in [7, 11) is 0. The van der Waals surface area contributed by atoms with Crippen LogP contribution in [0.15, 0.2) is 24.4 Å². The molecule has 2 heterocycles. The van der Waals surface area contributed by atoms with Gasteiger partial charge in [-0.1, -0.05) is 13.0 Å². The summed E-state index contributed by atoms with van der Waals surface area (Å²) >= 11 is 0. The Morgan fingerprint density at radius 1 is 1.50 bits per heavy atom. The molecule has 2 aromatic heterocycles. The van der Waals surface area contributed by atoms with Crippen molar-refractivity contribution in [3.63, 3.8) is 0 Å². The summed E-state index contributed by atoms with van der Waals surface area (Å²) in [5, 5.41) is 1.28. The number of aromatic nitrogens is 2. The predicted octanol–water partition coefficient (Wildman–Crippen LogP) is 2.77. The number of fused-ring (bicyclic) bond motifs is 3. The summed E-state index contributed by atoms with van der Waals surface area (Å²) in [6, 6.07) is 4.14. The van der Waals surface area contributed by atoms with Gasteiger partial charge >= 0.3 is 0 Å². The molecule has 0 saturated carbocycles. The minimum absolute atomic E-state index is 0.640. The molecular weight excluding hydrogens is 172 g/mol. The first-order chi connectivity index (χ1) is 6.84. The molecule has 14 heavy (non-hydrogen) atoms. The highest BCUT2D eigenvalue weighted by molar-refractivity contribution is 5.84. The molecular formula is C12H12N2. The highest BCUT2D eigenvalue weighted by Crippen LogP contribution is 2.28. The van der Waals surface area contributed by atoms with Crippen LogP contribution in [0.2, 0.25) is 0 Å². The quantitative estimate of drug-likeness (QED) is 0.670. The number of nitrogens with zero attached hydrogens (tertiary/aromatic N) is 1. The number of allylic oxidation sites excluding steroid dienone is 1. The summed E-state index contributed by atoms with van der Waals surface area (Å²) in [6.45, 7) is 2.24. The van der Waals surface area contributed by atoms with E-state index < -0.39 is 0 Å². The highest BCUT2D eigenvalue weighted by atomic mass is 14.9. The molecule has 1 aliphatic carbocycles. The highest BCUT2D eigenvalue weighted by Gasteiger charge is 2.15. The first-order valence-corrected chi connectivity index (χ1v) is 4.98. The van der Waals surface area contributed by atoms with Crippen molar-refractivity contribution in [1.82, 2.24) is 9.97 Å². The second-order valence-electron chi connectivity index (χ2n) is 3.96. The Kier molecular flexibility index (Phi) is 1.51. The zero-order valence-corrected chi connectivity index (χ0v) is 8.12. The monoisotopic (exact) mass is 184 g/mol. The SMILES string of the molecule is CC1C=Cc2[nH]c3ncccc3c2C1. The third-order valence-corrected chi connectivity index (χ3v) is 2.83. The van der Waals surface area contributed by atoms with Crippen molar-refractivity contribution in [2.75, 3.05) is 0 Å². The van der Waals surface area contributed by atoms with E-state index in [0.717, 1.165) is 12.1 Å². The topological polar surface area (TPSA) is 28.7 Å². The van der Waals surface area contributed by atoms with Gasteiger partial charge in [-0.2, -0.15) is 0 Å². The van der Waals surface area contributed by atoms with E-state index in [1.165, 1.54) is 16.6 Å². The fourth-order valence-electron chi connectivity index (χ4n) is 2.11. The zero-order chi connectivity index (χ0) is 9.54. The number of rotatable bonds is 0. The lowest BCUT2D eigenvalue weighted by Crippen LogP contribution is -2.01. The van der Waals surface area contributed by atoms with Gasteiger partial charge in [-0.15, -0.1) is 0 Å². The van der Waals surface area contributed by atoms with E-state index in [2.05, 4.69) is 35.1 Å². The van der Waals surface area contributed by atoms with E-state index in [0.29, 0.717) is 5.92 Å². The Bertz CT molecular complexity index is 508. The molecule has 0 bridgehead atoms. The van der Waals surface area contributed by atoms with Crippen molar-refractivity contribution in [2.45, 2.75) is 13.3 Å². The maximum Gasteiger partial charge on any atom is 0.137 e. The fourth-order valence-corrected chi connectivity index (χ4v) is 2.11. The van der Waals surface area contributed by atoms with Gasteiger partial charge < -0.3 is 4.98 Å². The Balaban J connectivity index is 2.32. The number of hydrogen-bond acceptors (Lipinski definition) is 1. The molecule has 3 rings (SSSR count). The third kappa shape index (κ3) is 1.00. The largest absolute Gasteiger partial charge is 0.339 e. The van der Waals surface area contributed by atoms with Crippen molar-refractivity contribution >= 4 is 17.1 Å². The van der Waals surface area contributed by atoms with Gasteiger partial charge in [0.15, 0.2) is 0 Å². The number of pyridine rings is 1. The normalized spacial score (nSPS) is 19.9. The van der Waals surface area contributed by atoms with E-state index in [1.54, 1.807) is 0 Å². The fraction of sp³-hybridized carbons (Fsp3) is 0.250. The van der Waals surface area contributed by atoms with E-state index in [9.17, 15) is 0 Å². The average Bonchev–Trinajstić information content (AvgIpc) is 2.56. The van der Waals surface area contributed by atoms with Crippen LogP contribution in [0.3, 0.4) is 0 Å². The van der Waals surface area contributed by atoms with Gasteiger partial charge in [0.2, 0.25) is 0 Å². The van der Waals surface area contributed by atoms with Crippen LogP contribution in [0, 0.1) is 5.92 Å². The van der Waals surface area contributed by atoms with Gasteiger partial charge in [0.05, 0.1) is 0 Å². The Hall–Kier alpha value is -1.57. The second kappa shape index (κ2) is 2.71. The van der Waals surface area contributed by atoms with Crippen molar-refractivity contribution in [3.8, 4) is 0 Å². The molecule has 0 fully saturated rings. The molecule has 2 nitrogen and oxygen atoms in total. The molecule has 0 aromatic carbocycles. The van der Waals surface area contributed by atoms with Gasteiger partial charge in [0.1, 0.15) is 5.65 Å². The molecule has 0 amide bonds. The zero-order valence-electron chi connectivity index (χ0n) is 8.12. The molecule has 1 unspecified atom stereocenters. The molecule has 0 spiro atoms. The van der Waals surface area contributed by atoms with Crippen molar-refractivity contribution < 1.29 is 0 Å². The lowest BCUT2D eigenvalue weighted by Gasteiger charge is -2.11. The van der Waals surface area contributed by atoms with Crippen LogP contribution in [0.5, 0.6) is 0 Å². The van der Waals surface area contributed by atoms with Crippen LogP contribution >= 0.6 is 0 Å². The summed E-state index contributed by atoms with van der Waals surface area (Å²) in [4.78, 5) is 7.66. The van der Waals surface area contributed by atoms with Crippen LogP contribution < -0.4 is 0 Å². The van der Waals surface area contributed by atoms with Crippen molar-refractivity contribution in [1.29, 1.82) is 0 Å². The predicted molar refractivity (Wildman–Crippen MR) is 58.0 cm³/mol. The maximum absolute atomic E-state index is 4.32. The summed E-state index contributed by atoms with van der Waals surface area (Å²) in [5.41, 5.74) is 3.66. The van der Waals surface area contributed by atoms with Crippen LogP contribution in [0.25, 0.3) is 17.1 Å². The van der Waals surface area contributed by atoms with Gasteiger partial charge in [0.25, 0.3) is 0 Å². The molecule has 2 heteroatoms. The second-order valence-corrected chi connectivity index (χ2v) is 3.96. The molecule has 0 radical (unpaired) electrons. The van der Waals surface area contributed by atoms with Crippen LogP contribution in [-0.2, 0) is 6.42 Å². The van der Waals surface area contributed by atoms with Crippen LogP contribution in [-0.4, -0.2) is 9.97 Å². The standard InChI is InChI=1S/C12H12N2/c1-8-4-5-11-10(7-8)9-3-2-6-13-12(9)14-11/h2-6,8H,7H2,1H3,(H,13,14). The number of aromatic amines is 1. The molecule has 0 aliphatic heterocycles. The van der Waals surface area contributed by atoms with E-state index in [-0.39, 0.29) is 0 Å². The smallest absolute Gasteiger partial charge is 0.137 e. The number of nitrogens with one attached hydrogen (secondary N) is 1. The number of hydrogen-bond donors (Lipinski definition) is 1. The third-order valence-electron chi connectivity index (χ3n) is 2.83. The Morgan fingerprint density at radius 3 is 3.36 bits per heavy atom. The van der Waals surface area contributed by atoms with E-state index >= 15 is 0 Å². The molecule has 1 N–H and O–H groups in total. The first kappa shape index (κ1) is 7.80. The van der Waals surface area contributed by atoms with Crippen molar-refractivity contribution in [3.05, 3.63) is 35.7 Å². The Labute approximate surface area is 82.7 Å². The minimum atomic E-state index is 0.640. The van der Waals surface area contributed by atoms with E-state index in [4.69, 9.17) is 0 Å². The van der Waals surface area contributed by atoms with Gasteiger partial charge in [-0.25, -0.2) is 4.98 Å². The number of H-pyrrole nitrogens is 1. The molecule has 70 valence electrons. The first-order valence-electron chi connectivity index (χ1n) is 4.98. The lowest BCUT2D eigenvalue weighted by molar-refractivity contribution is 0.720. The summed E-state index contributed by atoms with van der Waals surface area (Å²) in [6.07, 6.45) is 7.37. The minimum Gasteiger partial charge on any atom is -0.339 e. The molecule has 0 saturated heterocycles. The molecule has 1 atom stereocenters. The van der Waals surface area contributed by atoms with Crippen LogP contribution in [0.1, 0.15) is 18.2 Å². The Morgan fingerprint density at radius 2 is 2.43 bits per heavy atom. The average molecular weight is 184 g/mol. The van der Waals surface area contributed by atoms with Gasteiger partial charge in [0, 0.05) is 17.3 Å². The molecule has 2 aromatic rings. The maximum atomic E-state index is 4.32. The van der Waals surface area contributed by atoms with Gasteiger partial charge in [-0.05, 0) is 36.1 Å². The van der Waals surface area contributed by atoms with Gasteiger partial charge in [-0.3, -0.25) is 0 Å². The molecule has 1 aliphatic rings. The lowest BCUT2D eigenvalue weighted by atomic mass is 9.94. The summed E-state index contributed by atoms with van der Waals surface area (Å²) in [5.74, 6) is 0.640.